The lowest BCUT2D eigenvalue weighted by atomic mass is 10.1. The maximum Gasteiger partial charge on any atom is 0.224 e. The Morgan fingerprint density at radius 3 is 2.64 bits per heavy atom. The van der Waals surface area contributed by atoms with Gasteiger partial charge < -0.3 is 15.3 Å². The standard InChI is InChI=1S/C18H26N2O2/c21-17-7-5-14(6-8-17)11-18(22)19-12-15-9-10-20(13-15)16-3-1-2-4-16/h5-8,15-16,21H,1-4,9-13H2,(H,19,22)/t15-/m1/s1. The normalized spacial score (nSPS) is 23.0. The van der Waals surface area contributed by atoms with E-state index in [9.17, 15) is 9.90 Å². The van der Waals surface area contributed by atoms with E-state index in [4.69, 9.17) is 0 Å². The van der Waals surface area contributed by atoms with Crippen molar-refractivity contribution < 1.29 is 9.90 Å². The van der Waals surface area contributed by atoms with Gasteiger partial charge in [0.15, 0.2) is 0 Å². The number of phenols is 1. The number of nitrogens with one attached hydrogen (secondary N) is 1. The van der Waals surface area contributed by atoms with Gasteiger partial charge in [0, 0.05) is 19.1 Å². The molecule has 0 aromatic heterocycles. The molecule has 1 atom stereocenters. The Kier molecular flexibility index (Phi) is 4.98. The van der Waals surface area contributed by atoms with Crippen molar-refractivity contribution in [2.75, 3.05) is 19.6 Å². The van der Waals surface area contributed by atoms with E-state index in [0.29, 0.717) is 12.3 Å². The van der Waals surface area contributed by atoms with E-state index in [1.165, 1.54) is 38.6 Å². The minimum atomic E-state index is 0.0741. The number of carbonyl (C=O) groups excluding carboxylic acids is 1. The topological polar surface area (TPSA) is 52.6 Å². The summed E-state index contributed by atoms with van der Waals surface area (Å²) in [5.74, 6) is 0.913. The summed E-state index contributed by atoms with van der Waals surface area (Å²) >= 11 is 0. The van der Waals surface area contributed by atoms with E-state index in [-0.39, 0.29) is 11.7 Å². The molecular formula is C18H26N2O2. The van der Waals surface area contributed by atoms with Gasteiger partial charge in [-0.3, -0.25) is 4.79 Å². The molecule has 0 radical (unpaired) electrons. The zero-order valence-electron chi connectivity index (χ0n) is 13.1. The maximum absolute atomic E-state index is 12.0. The molecule has 0 spiro atoms. The highest BCUT2D eigenvalue weighted by atomic mass is 16.3. The molecular weight excluding hydrogens is 276 g/mol. The molecule has 1 aliphatic heterocycles. The average molecular weight is 302 g/mol. The zero-order valence-corrected chi connectivity index (χ0v) is 13.1. The zero-order chi connectivity index (χ0) is 15.4. The van der Waals surface area contributed by atoms with Gasteiger partial charge in [-0.2, -0.15) is 0 Å². The van der Waals surface area contributed by atoms with E-state index in [2.05, 4.69) is 10.2 Å². The van der Waals surface area contributed by atoms with Crippen LogP contribution in [0.15, 0.2) is 24.3 Å². The van der Waals surface area contributed by atoms with Gasteiger partial charge in [-0.25, -0.2) is 0 Å². The molecule has 0 bridgehead atoms. The molecule has 1 aliphatic carbocycles. The number of hydrogen-bond acceptors (Lipinski definition) is 3. The van der Waals surface area contributed by atoms with Gasteiger partial charge in [0.1, 0.15) is 5.75 Å². The van der Waals surface area contributed by atoms with Crippen molar-refractivity contribution in [2.24, 2.45) is 5.92 Å². The van der Waals surface area contributed by atoms with Crippen LogP contribution < -0.4 is 5.32 Å². The van der Waals surface area contributed by atoms with Gasteiger partial charge >= 0.3 is 0 Å². The van der Waals surface area contributed by atoms with Gasteiger partial charge in [0.05, 0.1) is 6.42 Å². The molecule has 4 nitrogen and oxygen atoms in total. The van der Waals surface area contributed by atoms with Crippen LogP contribution in [0.25, 0.3) is 0 Å². The van der Waals surface area contributed by atoms with Crippen molar-refractivity contribution >= 4 is 5.91 Å². The van der Waals surface area contributed by atoms with Crippen molar-refractivity contribution in [1.29, 1.82) is 0 Å². The Hall–Kier alpha value is -1.55. The van der Waals surface area contributed by atoms with E-state index in [1.54, 1.807) is 24.3 Å². The van der Waals surface area contributed by atoms with E-state index < -0.39 is 0 Å². The monoisotopic (exact) mass is 302 g/mol. The van der Waals surface area contributed by atoms with Crippen molar-refractivity contribution in [1.82, 2.24) is 10.2 Å². The number of aromatic hydroxyl groups is 1. The number of nitrogens with zero attached hydrogens (tertiary/aromatic N) is 1. The van der Waals surface area contributed by atoms with E-state index in [0.717, 1.165) is 24.7 Å². The number of carbonyl (C=O) groups is 1. The Balaban J connectivity index is 1.39. The number of benzene rings is 1. The first-order chi connectivity index (χ1) is 10.7. The van der Waals surface area contributed by atoms with Crippen molar-refractivity contribution in [3.63, 3.8) is 0 Å². The van der Waals surface area contributed by atoms with Crippen molar-refractivity contribution in [2.45, 2.75) is 44.6 Å². The van der Waals surface area contributed by atoms with Crippen LogP contribution in [0.1, 0.15) is 37.7 Å². The van der Waals surface area contributed by atoms with Crippen LogP contribution in [0, 0.1) is 5.92 Å². The van der Waals surface area contributed by atoms with Crippen LogP contribution in [-0.4, -0.2) is 41.6 Å². The second-order valence-corrected chi connectivity index (χ2v) is 6.74. The van der Waals surface area contributed by atoms with Crippen molar-refractivity contribution in [3.8, 4) is 5.75 Å². The van der Waals surface area contributed by atoms with Gasteiger partial charge in [-0.1, -0.05) is 25.0 Å². The molecule has 1 heterocycles. The van der Waals surface area contributed by atoms with Crippen LogP contribution in [0.4, 0.5) is 0 Å². The number of phenolic OH excluding ortho intramolecular Hbond substituents is 1. The number of amides is 1. The first-order valence-electron chi connectivity index (χ1n) is 8.49. The summed E-state index contributed by atoms with van der Waals surface area (Å²) in [7, 11) is 0. The fourth-order valence-corrected chi connectivity index (χ4v) is 3.75. The predicted octanol–water partition coefficient (Wildman–Crippen LogP) is 2.32. The number of hydrogen-bond donors (Lipinski definition) is 2. The average Bonchev–Trinajstić information content (AvgIpc) is 3.18. The summed E-state index contributed by atoms with van der Waals surface area (Å²) in [5.41, 5.74) is 0.939. The largest absolute Gasteiger partial charge is 0.508 e. The molecule has 2 N–H and O–H groups in total. The summed E-state index contributed by atoms with van der Waals surface area (Å²) < 4.78 is 0. The molecule has 4 heteroatoms. The summed E-state index contributed by atoms with van der Waals surface area (Å²) in [6, 6.07) is 7.65. The lowest BCUT2D eigenvalue weighted by Crippen LogP contribution is -2.34. The van der Waals surface area contributed by atoms with Crippen LogP contribution in [-0.2, 0) is 11.2 Å². The third-order valence-electron chi connectivity index (χ3n) is 5.05. The minimum Gasteiger partial charge on any atom is -0.508 e. The third kappa shape index (κ3) is 4.01. The first-order valence-corrected chi connectivity index (χ1v) is 8.49. The first kappa shape index (κ1) is 15.3. The SMILES string of the molecule is O=C(Cc1ccc(O)cc1)NC[C@H]1CCN(C2CCCC2)C1. The lowest BCUT2D eigenvalue weighted by Gasteiger charge is -2.23. The highest BCUT2D eigenvalue weighted by Gasteiger charge is 2.29. The lowest BCUT2D eigenvalue weighted by molar-refractivity contribution is -0.120. The van der Waals surface area contributed by atoms with Crippen LogP contribution >= 0.6 is 0 Å². The molecule has 120 valence electrons. The molecule has 1 aromatic carbocycles. The Morgan fingerprint density at radius 2 is 1.91 bits per heavy atom. The van der Waals surface area contributed by atoms with E-state index in [1.807, 2.05) is 0 Å². The highest BCUT2D eigenvalue weighted by Crippen LogP contribution is 2.28. The number of likely N-dealkylation sites (tertiary alicyclic amines) is 1. The van der Waals surface area contributed by atoms with Gasteiger partial charge in [-0.05, 0) is 49.4 Å². The Labute approximate surface area is 132 Å². The van der Waals surface area contributed by atoms with Crippen molar-refractivity contribution in [3.05, 3.63) is 29.8 Å². The molecule has 1 saturated heterocycles. The van der Waals surface area contributed by atoms with Crippen LogP contribution in [0.3, 0.4) is 0 Å². The minimum absolute atomic E-state index is 0.0741. The molecule has 1 saturated carbocycles. The van der Waals surface area contributed by atoms with Gasteiger partial charge in [0.25, 0.3) is 0 Å². The maximum atomic E-state index is 12.0. The summed E-state index contributed by atoms with van der Waals surface area (Å²) in [6.07, 6.45) is 7.08. The summed E-state index contributed by atoms with van der Waals surface area (Å²) in [6.45, 7) is 3.13. The molecule has 2 fully saturated rings. The molecule has 0 unspecified atom stereocenters. The summed E-state index contributed by atoms with van der Waals surface area (Å²) in [4.78, 5) is 14.6. The molecule has 22 heavy (non-hydrogen) atoms. The molecule has 1 amide bonds. The molecule has 3 rings (SSSR count). The molecule has 1 aromatic rings. The van der Waals surface area contributed by atoms with Crippen LogP contribution in [0.5, 0.6) is 5.75 Å². The van der Waals surface area contributed by atoms with Gasteiger partial charge in [0.2, 0.25) is 5.91 Å². The fraction of sp³-hybridized carbons (Fsp3) is 0.611. The van der Waals surface area contributed by atoms with Crippen LogP contribution in [0.2, 0.25) is 0 Å². The molecule has 2 aliphatic rings. The Bertz CT molecular complexity index is 494. The second-order valence-electron chi connectivity index (χ2n) is 6.74. The smallest absolute Gasteiger partial charge is 0.224 e. The third-order valence-corrected chi connectivity index (χ3v) is 5.05. The second kappa shape index (κ2) is 7.14. The van der Waals surface area contributed by atoms with E-state index >= 15 is 0 Å². The number of rotatable bonds is 5. The fourth-order valence-electron chi connectivity index (χ4n) is 3.75. The van der Waals surface area contributed by atoms with Gasteiger partial charge in [-0.15, -0.1) is 0 Å². The Morgan fingerprint density at radius 1 is 1.18 bits per heavy atom. The quantitative estimate of drug-likeness (QED) is 0.877. The highest BCUT2D eigenvalue weighted by molar-refractivity contribution is 5.78. The predicted molar refractivity (Wildman–Crippen MR) is 86.8 cm³/mol. The summed E-state index contributed by atoms with van der Waals surface area (Å²) in [5, 5.41) is 12.3.